The lowest BCUT2D eigenvalue weighted by Crippen LogP contribution is -2.20. The number of imidazole rings is 1. The highest BCUT2D eigenvalue weighted by Gasteiger charge is 2.03. The Labute approximate surface area is 131 Å². The Kier molecular flexibility index (Phi) is 6.54. The molecule has 2 aromatic rings. The van der Waals surface area contributed by atoms with Gasteiger partial charge in [-0.25, -0.2) is 4.98 Å². The van der Waals surface area contributed by atoms with Crippen LogP contribution in [0.5, 0.6) is 0 Å². The predicted molar refractivity (Wildman–Crippen MR) is 90.1 cm³/mol. The van der Waals surface area contributed by atoms with Gasteiger partial charge in [0, 0.05) is 18.9 Å². The first-order valence-electron chi connectivity index (χ1n) is 7.56. The van der Waals surface area contributed by atoms with Gasteiger partial charge < -0.3 is 15.0 Å². The standard InChI is InChI=1S/C16H25N3OS/c1-12(2)20-9-4-7-17-8-10-21-16-18-14-6-5-13(3)11-15(14)19-16/h5-6,11-12,17H,4,7-10H2,1-3H3,(H,18,19). The maximum Gasteiger partial charge on any atom is 0.166 e. The Balaban J connectivity index is 1.62. The van der Waals surface area contributed by atoms with Crippen LogP contribution in [0.15, 0.2) is 23.4 Å². The van der Waals surface area contributed by atoms with Crippen LogP contribution in [0, 0.1) is 6.92 Å². The number of hydrogen-bond acceptors (Lipinski definition) is 4. The molecule has 116 valence electrons. The number of thioether (sulfide) groups is 1. The summed E-state index contributed by atoms with van der Waals surface area (Å²) in [5, 5.41) is 4.43. The fourth-order valence-electron chi connectivity index (χ4n) is 2.03. The average Bonchev–Trinajstić information content (AvgIpc) is 2.83. The number of ether oxygens (including phenoxy) is 1. The summed E-state index contributed by atoms with van der Waals surface area (Å²) in [6.45, 7) is 9.06. The normalized spacial score (nSPS) is 11.6. The van der Waals surface area contributed by atoms with Crippen LogP contribution in [-0.4, -0.2) is 41.5 Å². The van der Waals surface area contributed by atoms with Gasteiger partial charge in [0.25, 0.3) is 0 Å². The van der Waals surface area contributed by atoms with Crippen LogP contribution < -0.4 is 5.32 Å². The molecule has 0 aliphatic carbocycles. The molecule has 0 fully saturated rings. The van der Waals surface area contributed by atoms with E-state index < -0.39 is 0 Å². The maximum atomic E-state index is 5.50. The van der Waals surface area contributed by atoms with Crippen molar-refractivity contribution in [3.05, 3.63) is 23.8 Å². The first-order valence-corrected chi connectivity index (χ1v) is 8.55. The van der Waals surface area contributed by atoms with Crippen molar-refractivity contribution in [2.24, 2.45) is 0 Å². The molecule has 0 aliphatic heterocycles. The first-order chi connectivity index (χ1) is 10.1. The van der Waals surface area contributed by atoms with Crippen molar-refractivity contribution in [1.29, 1.82) is 0 Å². The summed E-state index contributed by atoms with van der Waals surface area (Å²) in [6.07, 6.45) is 1.39. The number of rotatable bonds is 9. The number of aromatic amines is 1. The van der Waals surface area contributed by atoms with Gasteiger partial charge in [-0.2, -0.15) is 0 Å². The molecule has 1 heterocycles. The molecule has 0 saturated carbocycles. The smallest absolute Gasteiger partial charge is 0.166 e. The van der Waals surface area contributed by atoms with Crippen LogP contribution in [0.1, 0.15) is 25.8 Å². The molecule has 0 saturated heterocycles. The first kappa shape index (κ1) is 16.3. The lowest BCUT2D eigenvalue weighted by molar-refractivity contribution is 0.0772. The van der Waals surface area contributed by atoms with E-state index in [1.807, 2.05) is 0 Å². The van der Waals surface area contributed by atoms with Gasteiger partial charge in [0.15, 0.2) is 5.16 Å². The summed E-state index contributed by atoms with van der Waals surface area (Å²) in [4.78, 5) is 7.94. The minimum Gasteiger partial charge on any atom is -0.379 e. The average molecular weight is 307 g/mol. The summed E-state index contributed by atoms with van der Waals surface area (Å²) in [7, 11) is 0. The second-order valence-electron chi connectivity index (χ2n) is 5.43. The minimum absolute atomic E-state index is 0.331. The molecule has 5 heteroatoms. The van der Waals surface area contributed by atoms with Gasteiger partial charge >= 0.3 is 0 Å². The zero-order valence-electron chi connectivity index (χ0n) is 13.1. The zero-order valence-corrected chi connectivity index (χ0v) is 13.9. The van der Waals surface area contributed by atoms with Crippen LogP contribution in [0.4, 0.5) is 0 Å². The van der Waals surface area contributed by atoms with Crippen LogP contribution in [0.25, 0.3) is 11.0 Å². The monoisotopic (exact) mass is 307 g/mol. The number of H-pyrrole nitrogens is 1. The Bertz CT molecular complexity index is 553. The largest absolute Gasteiger partial charge is 0.379 e. The topological polar surface area (TPSA) is 49.9 Å². The van der Waals surface area contributed by atoms with Gasteiger partial charge in [0.1, 0.15) is 0 Å². The molecule has 0 unspecified atom stereocenters. The second-order valence-corrected chi connectivity index (χ2v) is 6.52. The fourth-order valence-corrected chi connectivity index (χ4v) is 2.81. The number of benzene rings is 1. The van der Waals surface area contributed by atoms with Gasteiger partial charge in [0.05, 0.1) is 17.1 Å². The number of aromatic nitrogens is 2. The third kappa shape index (κ3) is 5.69. The van der Waals surface area contributed by atoms with E-state index in [4.69, 9.17) is 4.74 Å². The Hall–Kier alpha value is -1.04. The minimum atomic E-state index is 0.331. The second kappa shape index (κ2) is 8.41. The van der Waals surface area contributed by atoms with E-state index in [0.29, 0.717) is 6.10 Å². The van der Waals surface area contributed by atoms with E-state index in [1.54, 1.807) is 11.8 Å². The molecular weight excluding hydrogens is 282 g/mol. The van der Waals surface area contributed by atoms with Crippen molar-refractivity contribution in [2.45, 2.75) is 38.5 Å². The highest BCUT2D eigenvalue weighted by Crippen LogP contribution is 2.19. The maximum absolute atomic E-state index is 5.50. The SMILES string of the molecule is Cc1ccc2nc(SCCNCCCOC(C)C)[nH]c2c1. The number of hydrogen-bond donors (Lipinski definition) is 2. The molecule has 21 heavy (non-hydrogen) atoms. The van der Waals surface area contributed by atoms with Crippen LogP contribution >= 0.6 is 11.8 Å². The summed E-state index contributed by atoms with van der Waals surface area (Å²) < 4.78 is 5.50. The highest BCUT2D eigenvalue weighted by molar-refractivity contribution is 7.99. The van der Waals surface area contributed by atoms with Gasteiger partial charge in [0.2, 0.25) is 0 Å². The van der Waals surface area contributed by atoms with E-state index in [1.165, 1.54) is 5.56 Å². The van der Waals surface area contributed by atoms with Gasteiger partial charge in [-0.15, -0.1) is 0 Å². The Morgan fingerprint density at radius 1 is 1.33 bits per heavy atom. The number of fused-ring (bicyclic) bond motifs is 1. The lowest BCUT2D eigenvalue weighted by Gasteiger charge is -2.07. The summed E-state index contributed by atoms with van der Waals surface area (Å²) in [5.41, 5.74) is 3.42. The molecule has 0 atom stereocenters. The molecule has 1 aromatic heterocycles. The quantitative estimate of drug-likeness (QED) is 0.551. The van der Waals surface area contributed by atoms with E-state index in [0.717, 1.165) is 48.1 Å². The Morgan fingerprint density at radius 2 is 2.19 bits per heavy atom. The van der Waals surface area contributed by atoms with E-state index in [-0.39, 0.29) is 0 Å². The van der Waals surface area contributed by atoms with Gasteiger partial charge in [-0.05, 0) is 51.4 Å². The molecule has 0 aliphatic rings. The van der Waals surface area contributed by atoms with Crippen LogP contribution in [-0.2, 0) is 4.74 Å². The van der Waals surface area contributed by atoms with E-state index in [9.17, 15) is 0 Å². The third-order valence-electron chi connectivity index (χ3n) is 3.08. The molecule has 2 N–H and O–H groups in total. The molecule has 0 radical (unpaired) electrons. The fraction of sp³-hybridized carbons (Fsp3) is 0.562. The summed E-state index contributed by atoms with van der Waals surface area (Å²) >= 11 is 1.76. The van der Waals surface area contributed by atoms with Crippen LogP contribution in [0.3, 0.4) is 0 Å². The lowest BCUT2D eigenvalue weighted by atomic mass is 10.2. The summed E-state index contributed by atoms with van der Waals surface area (Å²) in [6, 6.07) is 6.30. The molecule has 4 nitrogen and oxygen atoms in total. The third-order valence-corrected chi connectivity index (χ3v) is 3.96. The molecule has 2 rings (SSSR count). The Morgan fingerprint density at radius 3 is 3.00 bits per heavy atom. The number of nitrogens with zero attached hydrogens (tertiary/aromatic N) is 1. The van der Waals surface area contributed by atoms with E-state index in [2.05, 4.69) is 54.3 Å². The van der Waals surface area contributed by atoms with Crippen molar-refractivity contribution >= 4 is 22.8 Å². The van der Waals surface area contributed by atoms with Gasteiger partial charge in [-0.3, -0.25) is 0 Å². The molecule has 0 amide bonds. The number of aryl methyl sites for hydroxylation is 1. The van der Waals surface area contributed by atoms with Crippen molar-refractivity contribution < 1.29 is 4.74 Å². The highest BCUT2D eigenvalue weighted by atomic mass is 32.2. The van der Waals surface area contributed by atoms with Crippen LogP contribution in [0.2, 0.25) is 0 Å². The van der Waals surface area contributed by atoms with Crippen molar-refractivity contribution in [3.8, 4) is 0 Å². The zero-order chi connectivity index (χ0) is 15.1. The van der Waals surface area contributed by atoms with Crippen molar-refractivity contribution in [2.75, 3.05) is 25.4 Å². The van der Waals surface area contributed by atoms with Crippen molar-refractivity contribution in [3.63, 3.8) is 0 Å². The van der Waals surface area contributed by atoms with E-state index >= 15 is 0 Å². The van der Waals surface area contributed by atoms with Gasteiger partial charge in [-0.1, -0.05) is 17.8 Å². The number of nitrogens with one attached hydrogen (secondary N) is 2. The predicted octanol–water partition coefficient (Wildman–Crippen LogP) is 3.37. The molecule has 1 aromatic carbocycles. The summed E-state index contributed by atoms with van der Waals surface area (Å²) in [5.74, 6) is 1.02. The molecular formula is C16H25N3OS. The molecule has 0 bridgehead atoms. The molecule has 0 spiro atoms. The van der Waals surface area contributed by atoms with Crippen molar-refractivity contribution in [1.82, 2.24) is 15.3 Å².